The molecule has 1 rings (SSSR count). The largest absolute Gasteiger partial charge is 0.479 e. The summed E-state index contributed by atoms with van der Waals surface area (Å²) in [6.07, 6.45) is -5.17. The Labute approximate surface area is 110 Å². The third-order valence-electron chi connectivity index (χ3n) is 2.57. The SMILES string of the molecule is Cc1ccc([N+](=O)[O-])c(NC(C)(C(=O)O)C(F)(F)F)n1. The minimum atomic E-state index is -5.17. The van der Waals surface area contributed by atoms with Crippen molar-refractivity contribution in [2.75, 3.05) is 5.32 Å². The van der Waals surface area contributed by atoms with E-state index in [9.17, 15) is 28.1 Å². The number of aliphatic carboxylic acids is 1. The summed E-state index contributed by atoms with van der Waals surface area (Å²) in [4.78, 5) is 24.2. The zero-order chi connectivity index (χ0) is 15.7. The van der Waals surface area contributed by atoms with Crippen LogP contribution in [0.4, 0.5) is 24.7 Å². The van der Waals surface area contributed by atoms with Gasteiger partial charge >= 0.3 is 17.8 Å². The molecule has 0 saturated heterocycles. The first-order valence-corrected chi connectivity index (χ1v) is 5.19. The smallest absolute Gasteiger partial charge is 0.422 e. The number of carboxylic acids is 1. The van der Waals surface area contributed by atoms with Gasteiger partial charge in [0.2, 0.25) is 11.4 Å². The summed E-state index contributed by atoms with van der Waals surface area (Å²) in [6.45, 7) is 1.77. The van der Waals surface area contributed by atoms with Crippen molar-refractivity contribution < 1.29 is 28.0 Å². The molecule has 1 aromatic heterocycles. The topological polar surface area (TPSA) is 105 Å². The molecule has 0 radical (unpaired) electrons. The fourth-order valence-electron chi connectivity index (χ4n) is 1.27. The van der Waals surface area contributed by atoms with Crippen LogP contribution in [-0.2, 0) is 4.79 Å². The highest BCUT2D eigenvalue weighted by Crippen LogP contribution is 2.35. The Morgan fingerprint density at radius 1 is 1.45 bits per heavy atom. The molecule has 0 spiro atoms. The molecule has 1 atom stereocenters. The first kappa shape index (κ1) is 15.7. The molecule has 0 amide bonds. The molecule has 0 fully saturated rings. The fourth-order valence-corrected chi connectivity index (χ4v) is 1.27. The maximum atomic E-state index is 12.8. The summed E-state index contributed by atoms with van der Waals surface area (Å²) >= 11 is 0. The number of halogens is 3. The molecule has 2 N–H and O–H groups in total. The minimum Gasteiger partial charge on any atom is -0.479 e. The van der Waals surface area contributed by atoms with Gasteiger partial charge in [-0.15, -0.1) is 0 Å². The minimum absolute atomic E-state index is 0.202. The Bertz CT molecular complexity index is 561. The first-order chi connectivity index (χ1) is 8.99. The molecule has 110 valence electrons. The second kappa shape index (κ2) is 4.94. The number of carbonyl (C=O) groups is 1. The van der Waals surface area contributed by atoms with Gasteiger partial charge in [0.05, 0.1) is 4.92 Å². The van der Waals surface area contributed by atoms with E-state index in [1.807, 2.05) is 0 Å². The Morgan fingerprint density at radius 2 is 2.00 bits per heavy atom. The van der Waals surface area contributed by atoms with Crippen LogP contribution in [0.3, 0.4) is 0 Å². The molecule has 1 aromatic rings. The number of hydrogen-bond donors (Lipinski definition) is 2. The summed E-state index contributed by atoms with van der Waals surface area (Å²) in [7, 11) is 0. The van der Waals surface area contributed by atoms with E-state index in [0.717, 1.165) is 6.07 Å². The monoisotopic (exact) mass is 293 g/mol. The van der Waals surface area contributed by atoms with E-state index in [0.29, 0.717) is 6.92 Å². The Morgan fingerprint density at radius 3 is 2.40 bits per heavy atom. The van der Waals surface area contributed by atoms with E-state index in [-0.39, 0.29) is 5.69 Å². The lowest BCUT2D eigenvalue weighted by Crippen LogP contribution is -2.55. The first-order valence-electron chi connectivity index (χ1n) is 5.19. The number of aromatic nitrogens is 1. The number of hydrogen-bond acceptors (Lipinski definition) is 5. The second-order valence-electron chi connectivity index (χ2n) is 4.13. The van der Waals surface area contributed by atoms with Crippen molar-refractivity contribution in [2.24, 2.45) is 0 Å². The number of carboxylic acid groups (broad SMARTS) is 1. The van der Waals surface area contributed by atoms with Crippen molar-refractivity contribution in [3.63, 3.8) is 0 Å². The van der Waals surface area contributed by atoms with Crippen molar-refractivity contribution in [2.45, 2.75) is 25.6 Å². The highest BCUT2D eigenvalue weighted by molar-refractivity contribution is 5.84. The average Bonchev–Trinajstić information content (AvgIpc) is 2.26. The number of pyridine rings is 1. The van der Waals surface area contributed by atoms with Gasteiger partial charge in [0.25, 0.3) is 0 Å². The van der Waals surface area contributed by atoms with Gasteiger partial charge < -0.3 is 10.4 Å². The van der Waals surface area contributed by atoms with E-state index >= 15 is 0 Å². The number of nitrogens with zero attached hydrogens (tertiary/aromatic N) is 2. The van der Waals surface area contributed by atoms with Crippen molar-refractivity contribution in [3.05, 3.63) is 27.9 Å². The third-order valence-corrected chi connectivity index (χ3v) is 2.57. The van der Waals surface area contributed by atoms with Crippen LogP contribution in [0.15, 0.2) is 12.1 Å². The van der Waals surface area contributed by atoms with Crippen LogP contribution < -0.4 is 5.32 Å². The van der Waals surface area contributed by atoms with E-state index in [4.69, 9.17) is 5.11 Å². The maximum Gasteiger partial charge on any atom is 0.422 e. The van der Waals surface area contributed by atoms with Crippen LogP contribution in [0.5, 0.6) is 0 Å². The molecule has 7 nitrogen and oxygen atoms in total. The van der Waals surface area contributed by atoms with Crippen LogP contribution in [0.2, 0.25) is 0 Å². The van der Waals surface area contributed by atoms with Crippen molar-refractivity contribution in [1.82, 2.24) is 4.98 Å². The molecule has 20 heavy (non-hydrogen) atoms. The molecule has 0 bridgehead atoms. The van der Waals surface area contributed by atoms with Gasteiger partial charge in [-0.05, 0) is 19.9 Å². The van der Waals surface area contributed by atoms with Crippen LogP contribution in [0, 0.1) is 17.0 Å². The van der Waals surface area contributed by atoms with Crippen molar-refractivity contribution in [1.29, 1.82) is 0 Å². The van der Waals surface area contributed by atoms with Gasteiger partial charge in [-0.3, -0.25) is 10.1 Å². The lowest BCUT2D eigenvalue weighted by Gasteiger charge is -2.28. The van der Waals surface area contributed by atoms with Gasteiger partial charge in [-0.25, -0.2) is 9.78 Å². The Balaban J connectivity index is 3.36. The lowest BCUT2D eigenvalue weighted by atomic mass is 10.0. The van der Waals surface area contributed by atoms with E-state index in [1.54, 1.807) is 5.32 Å². The lowest BCUT2D eigenvalue weighted by molar-refractivity contribution is -0.384. The molecule has 0 aliphatic heterocycles. The van der Waals surface area contributed by atoms with Gasteiger partial charge in [0.15, 0.2) is 0 Å². The Kier molecular flexibility index (Phi) is 3.87. The summed E-state index contributed by atoms with van der Waals surface area (Å²) < 4.78 is 38.5. The molecule has 0 aromatic carbocycles. The fraction of sp³-hybridized carbons (Fsp3) is 0.400. The molecule has 0 saturated carbocycles. The Hall–Kier alpha value is -2.39. The molecular formula is C10H10F3N3O4. The average molecular weight is 293 g/mol. The van der Waals surface area contributed by atoms with Crippen LogP contribution in [-0.4, -0.2) is 32.7 Å². The van der Waals surface area contributed by atoms with E-state index < -0.39 is 34.1 Å². The highest BCUT2D eigenvalue weighted by Gasteiger charge is 2.58. The molecule has 0 aliphatic carbocycles. The molecule has 1 unspecified atom stereocenters. The van der Waals surface area contributed by atoms with Gasteiger partial charge in [-0.2, -0.15) is 13.2 Å². The highest BCUT2D eigenvalue weighted by atomic mass is 19.4. The predicted octanol–water partition coefficient (Wildman–Crippen LogP) is 2.12. The molecule has 10 heteroatoms. The van der Waals surface area contributed by atoms with Gasteiger partial charge in [-0.1, -0.05) is 0 Å². The third kappa shape index (κ3) is 2.78. The number of rotatable bonds is 4. The standard InChI is InChI=1S/C10H10F3N3O4/c1-5-3-4-6(16(19)20)7(14-5)15-9(2,8(17)18)10(11,12)13/h3-4H,1-2H3,(H,14,15)(H,17,18). The normalized spacial score (nSPS) is 14.4. The number of nitro groups is 1. The zero-order valence-electron chi connectivity index (χ0n) is 10.4. The van der Waals surface area contributed by atoms with Crippen molar-refractivity contribution in [3.8, 4) is 0 Å². The quantitative estimate of drug-likeness (QED) is 0.650. The van der Waals surface area contributed by atoms with Gasteiger partial charge in [0.1, 0.15) is 0 Å². The summed E-state index contributed by atoms with van der Waals surface area (Å²) in [5.74, 6) is -2.97. The zero-order valence-corrected chi connectivity index (χ0v) is 10.4. The molecule has 1 heterocycles. The van der Waals surface area contributed by atoms with Crippen molar-refractivity contribution >= 4 is 17.5 Å². The van der Waals surface area contributed by atoms with Crippen LogP contribution in [0.25, 0.3) is 0 Å². The number of aryl methyl sites for hydroxylation is 1. The maximum absolute atomic E-state index is 12.8. The number of alkyl halides is 3. The number of anilines is 1. The van der Waals surface area contributed by atoms with Gasteiger partial charge in [0, 0.05) is 11.8 Å². The summed E-state index contributed by atoms with van der Waals surface area (Å²) in [5, 5.41) is 21.1. The summed E-state index contributed by atoms with van der Waals surface area (Å²) in [6, 6.07) is 2.18. The van der Waals surface area contributed by atoms with E-state index in [1.165, 1.54) is 13.0 Å². The van der Waals surface area contributed by atoms with E-state index in [2.05, 4.69) is 4.98 Å². The van der Waals surface area contributed by atoms with Crippen LogP contribution in [0.1, 0.15) is 12.6 Å². The number of nitrogens with one attached hydrogen (secondary N) is 1. The molecular weight excluding hydrogens is 283 g/mol. The predicted molar refractivity (Wildman–Crippen MR) is 61.3 cm³/mol. The van der Waals surface area contributed by atoms with Crippen LogP contribution >= 0.6 is 0 Å². The second-order valence-corrected chi connectivity index (χ2v) is 4.13. The molecule has 0 aliphatic rings. The summed E-state index contributed by atoms with van der Waals surface area (Å²) in [5.41, 5.74) is -3.93.